The fraction of sp³-hybridized carbons (Fsp3) is 0.846. The number of oxime groups is 1. The van der Waals surface area contributed by atoms with Gasteiger partial charge in [-0.15, -0.1) is 0 Å². The van der Waals surface area contributed by atoms with Gasteiger partial charge >= 0.3 is 6.09 Å². The van der Waals surface area contributed by atoms with Crippen LogP contribution < -0.4 is 5.73 Å². The maximum absolute atomic E-state index is 12.0. The second kappa shape index (κ2) is 5.77. The molecule has 1 atom stereocenters. The predicted octanol–water partition coefficient (Wildman–Crippen LogP) is 1.74. The summed E-state index contributed by atoms with van der Waals surface area (Å²) >= 11 is 0. The molecule has 6 heteroatoms. The van der Waals surface area contributed by atoms with Crippen LogP contribution in [0.15, 0.2) is 5.16 Å². The van der Waals surface area contributed by atoms with E-state index in [4.69, 9.17) is 15.3 Å². The van der Waals surface area contributed by atoms with Crippen LogP contribution in [-0.4, -0.2) is 47.5 Å². The Morgan fingerprint density at radius 3 is 2.63 bits per heavy atom. The Kier molecular flexibility index (Phi) is 4.79. The molecule has 1 aliphatic heterocycles. The molecule has 19 heavy (non-hydrogen) atoms. The molecule has 0 aromatic carbocycles. The third-order valence-electron chi connectivity index (χ3n) is 2.75. The molecule has 0 spiro atoms. The summed E-state index contributed by atoms with van der Waals surface area (Å²) in [6.07, 6.45) is 0.270. The zero-order valence-corrected chi connectivity index (χ0v) is 12.5. The minimum atomic E-state index is -0.676. The van der Waals surface area contributed by atoms with Gasteiger partial charge in [-0.3, -0.25) is 0 Å². The van der Waals surface area contributed by atoms with Gasteiger partial charge in [-0.2, -0.15) is 0 Å². The highest BCUT2D eigenvalue weighted by Gasteiger charge is 2.37. The van der Waals surface area contributed by atoms with Gasteiger partial charge in [-0.25, -0.2) is 4.79 Å². The van der Waals surface area contributed by atoms with Gasteiger partial charge in [0, 0.05) is 19.5 Å². The summed E-state index contributed by atoms with van der Waals surface area (Å²) in [4.78, 5) is 18.7. The van der Waals surface area contributed by atoms with Crippen LogP contribution in [0, 0.1) is 0 Å². The Morgan fingerprint density at radius 2 is 2.16 bits per heavy atom. The monoisotopic (exact) mass is 271 g/mol. The Labute approximate surface area is 114 Å². The number of carbonyl (C=O) groups is 1. The van der Waals surface area contributed by atoms with Gasteiger partial charge < -0.3 is 20.2 Å². The van der Waals surface area contributed by atoms with Crippen molar-refractivity contribution in [2.45, 2.75) is 52.2 Å². The molecule has 2 N–H and O–H groups in total. The first kappa shape index (κ1) is 15.8. The maximum atomic E-state index is 12.0. The van der Waals surface area contributed by atoms with E-state index in [2.05, 4.69) is 5.16 Å². The van der Waals surface area contributed by atoms with Crippen molar-refractivity contribution in [1.82, 2.24) is 4.90 Å². The van der Waals surface area contributed by atoms with E-state index >= 15 is 0 Å². The van der Waals surface area contributed by atoms with Crippen molar-refractivity contribution in [3.05, 3.63) is 0 Å². The number of hydrogen-bond donors (Lipinski definition) is 1. The van der Waals surface area contributed by atoms with Crippen molar-refractivity contribution >= 4 is 11.8 Å². The number of likely N-dealkylation sites (tertiary alicyclic amines) is 1. The fourth-order valence-electron chi connectivity index (χ4n) is 1.87. The number of amides is 1. The number of piperidine rings is 1. The van der Waals surface area contributed by atoms with Gasteiger partial charge in [0.25, 0.3) is 0 Å². The lowest BCUT2D eigenvalue weighted by molar-refractivity contribution is 0.0213. The van der Waals surface area contributed by atoms with E-state index in [1.54, 1.807) is 4.90 Å². The first-order valence-corrected chi connectivity index (χ1v) is 6.62. The lowest BCUT2D eigenvalue weighted by atomic mass is 9.90. The van der Waals surface area contributed by atoms with Crippen LogP contribution in [0.3, 0.4) is 0 Å². The molecule has 0 aliphatic carbocycles. The highest BCUT2D eigenvalue weighted by molar-refractivity contribution is 5.94. The number of rotatable bonds is 2. The molecule has 0 aromatic rings. The third kappa shape index (κ3) is 4.70. The molecule has 0 bridgehead atoms. The van der Waals surface area contributed by atoms with Crippen LogP contribution in [0.25, 0.3) is 0 Å². The smallest absolute Gasteiger partial charge is 0.410 e. The third-order valence-corrected chi connectivity index (χ3v) is 2.75. The van der Waals surface area contributed by atoms with Gasteiger partial charge in [-0.05, 0) is 34.6 Å². The first-order valence-electron chi connectivity index (χ1n) is 6.62. The molecule has 0 saturated carbocycles. The van der Waals surface area contributed by atoms with Crippen molar-refractivity contribution in [3.63, 3.8) is 0 Å². The highest BCUT2D eigenvalue weighted by atomic mass is 16.6. The van der Waals surface area contributed by atoms with E-state index in [0.717, 1.165) is 5.71 Å². The summed E-state index contributed by atoms with van der Waals surface area (Å²) in [5.41, 5.74) is 5.81. The van der Waals surface area contributed by atoms with Crippen molar-refractivity contribution < 1.29 is 14.4 Å². The summed E-state index contributed by atoms with van der Waals surface area (Å²) in [6.45, 7) is 10.7. The lowest BCUT2D eigenvalue weighted by Gasteiger charge is -2.38. The average Bonchev–Trinajstić information content (AvgIpc) is 2.24. The molecular weight excluding hydrogens is 246 g/mol. The molecule has 0 radical (unpaired) electrons. The van der Waals surface area contributed by atoms with Crippen LogP contribution in [0.5, 0.6) is 0 Å². The Hall–Kier alpha value is -1.30. The topological polar surface area (TPSA) is 77.1 Å². The summed E-state index contributed by atoms with van der Waals surface area (Å²) in [6, 6.07) is 0. The van der Waals surface area contributed by atoms with E-state index in [9.17, 15) is 4.79 Å². The van der Waals surface area contributed by atoms with Crippen LogP contribution >= 0.6 is 0 Å². The Balaban J connectivity index is 2.68. The molecular formula is C13H25N3O3. The van der Waals surface area contributed by atoms with Crippen molar-refractivity contribution in [3.8, 4) is 0 Å². The van der Waals surface area contributed by atoms with Crippen LogP contribution in [-0.2, 0) is 9.57 Å². The largest absolute Gasteiger partial charge is 0.444 e. The second-order valence-corrected chi connectivity index (χ2v) is 6.03. The van der Waals surface area contributed by atoms with Crippen molar-refractivity contribution in [1.29, 1.82) is 0 Å². The van der Waals surface area contributed by atoms with E-state index in [-0.39, 0.29) is 6.09 Å². The van der Waals surface area contributed by atoms with E-state index in [1.807, 2.05) is 34.6 Å². The van der Waals surface area contributed by atoms with Crippen molar-refractivity contribution in [2.75, 3.05) is 19.7 Å². The van der Waals surface area contributed by atoms with Crippen LogP contribution in [0.4, 0.5) is 4.79 Å². The standard InChI is InChI=1S/C13H25N3O3/c1-6-18-15-10-7-8-16(9-13(10,5)14)11(17)19-12(2,3)4/h6-9,14H2,1-5H3/b15-10+. The molecule has 6 nitrogen and oxygen atoms in total. The quantitative estimate of drug-likeness (QED) is 0.776. The summed E-state index contributed by atoms with van der Waals surface area (Å²) in [7, 11) is 0. The fourth-order valence-corrected chi connectivity index (χ4v) is 1.87. The zero-order chi connectivity index (χ0) is 14.7. The number of nitrogens with zero attached hydrogens (tertiary/aromatic N) is 2. The molecule has 1 fully saturated rings. The summed E-state index contributed by atoms with van der Waals surface area (Å²) < 4.78 is 5.35. The van der Waals surface area contributed by atoms with Gasteiger partial charge in [0.05, 0.1) is 11.3 Å². The normalized spacial score (nSPS) is 26.4. The molecule has 1 amide bonds. The molecule has 0 aromatic heterocycles. The Morgan fingerprint density at radius 1 is 1.53 bits per heavy atom. The van der Waals surface area contributed by atoms with Gasteiger partial charge in [0.2, 0.25) is 0 Å². The van der Waals surface area contributed by atoms with Gasteiger partial charge in [0.15, 0.2) is 0 Å². The van der Waals surface area contributed by atoms with Crippen LogP contribution in [0.1, 0.15) is 41.0 Å². The number of carbonyl (C=O) groups excluding carboxylic acids is 1. The summed E-state index contributed by atoms with van der Waals surface area (Å²) in [5, 5.41) is 4.04. The van der Waals surface area contributed by atoms with Gasteiger partial charge in [0.1, 0.15) is 12.2 Å². The lowest BCUT2D eigenvalue weighted by Crippen LogP contribution is -2.60. The van der Waals surface area contributed by atoms with E-state index in [0.29, 0.717) is 26.1 Å². The van der Waals surface area contributed by atoms with Gasteiger partial charge in [-0.1, -0.05) is 5.16 Å². The first-order chi connectivity index (χ1) is 8.65. The summed E-state index contributed by atoms with van der Waals surface area (Å²) in [5.74, 6) is 0. The molecule has 1 saturated heterocycles. The molecule has 1 heterocycles. The minimum Gasteiger partial charge on any atom is -0.444 e. The molecule has 1 rings (SSSR count). The molecule has 110 valence electrons. The van der Waals surface area contributed by atoms with Crippen LogP contribution in [0.2, 0.25) is 0 Å². The molecule has 1 unspecified atom stereocenters. The van der Waals surface area contributed by atoms with E-state index in [1.165, 1.54) is 0 Å². The average molecular weight is 271 g/mol. The zero-order valence-electron chi connectivity index (χ0n) is 12.5. The highest BCUT2D eigenvalue weighted by Crippen LogP contribution is 2.19. The second-order valence-electron chi connectivity index (χ2n) is 6.03. The number of nitrogens with two attached hydrogens (primary N) is 1. The SMILES string of the molecule is CCO/N=C1\CCN(C(=O)OC(C)(C)C)CC1(C)N. The Bertz CT molecular complexity index is 359. The predicted molar refractivity (Wildman–Crippen MR) is 74.1 cm³/mol. The van der Waals surface area contributed by atoms with Crippen molar-refractivity contribution in [2.24, 2.45) is 10.9 Å². The number of hydrogen-bond acceptors (Lipinski definition) is 5. The van der Waals surface area contributed by atoms with E-state index < -0.39 is 11.1 Å². The maximum Gasteiger partial charge on any atom is 0.410 e. The number of ether oxygens (including phenoxy) is 1. The minimum absolute atomic E-state index is 0.334. The molecule has 1 aliphatic rings.